The van der Waals surface area contributed by atoms with Gasteiger partial charge in [0.15, 0.2) is 0 Å². The molecule has 2 fully saturated rings. The number of amides is 3. The minimum absolute atomic E-state index is 0.0731. The lowest BCUT2D eigenvalue weighted by Gasteiger charge is -2.19. The molecule has 2 N–H and O–H groups in total. The van der Waals surface area contributed by atoms with Gasteiger partial charge >= 0.3 is 6.09 Å². The Labute approximate surface area is 137 Å². The van der Waals surface area contributed by atoms with Crippen LogP contribution in [0.15, 0.2) is 0 Å². The molecule has 23 heavy (non-hydrogen) atoms. The van der Waals surface area contributed by atoms with E-state index in [1.165, 1.54) is 12.8 Å². The van der Waals surface area contributed by atoms with E-state index in [1.807, 2.05) is 0 Å². The number of alkyl carbamates (subject to hydrolysis) is 1. The molecule has 0 aromatic carbocycles. The first-order chi connectivity index (χ1) is 10.7. The molecule has 3 amide bonds. The zero-order valence-electron chi connectivity index (χ0n) is 14.2. The molecule has 1 heterocycles. The van der Waals surface area contributed by atoms with Crippen molar-refractivity contribution in [1.29, 1.82) is 0 Å². The van der Waals surface area contributed by atoms with Crippen molar-refractivity contribution in [2.75, 3.05) is 26.2 Å². The van der Waals surface area contributed by atoms with Crippen molar-refractivity contribution in [3.63, 3.8) is 0 Å². The molecule has 1 aliphatic carbocycles. The quantitative estimate of drug-likeness (QED) is 0.710. The van der Waals surface area contributed by atoms with Crippen LogP contribution in [0.25, 0.3) is 0 Å². The van der Waals surface area contributed by atoms with Crippen LogP contribution in [0.4, 0.5) is 4.79 Å². The van der Waals surface area contributed by atoms with Crippen molar-refractivity contribution in [2.24, 2.45) is 11.8 Å². The number of nitrogens with one attached hydrogen (secondary N) is 2. The van der Waals surface area contributed by atoms with E-state index in [0.29, 0.717) is 25.6 Å². The van der Waals surface area contributed by atoms with Gasteiger partial charge in [0.1, 0.15) is 5.60 Å². The highest BCUT2D eigenvalue weighted by molar-refractivity contribution is 5.89. The van der Waals surface area contributed by atoms with Gasteiger partial charge in [-0.1, -0.05) is 0 Å². The summed E-state index contributed by atoms with van der Waals surface area (Å²) in [4.78, 5) is 37.2. The van der Waals surface area contributed by atoms with E-state index < -0.39 is 11.7 Å². The minimum Gasteiger partial charge on any atom is -0.444 e. The highest BCUT2D eigenvalue weighted by Gasteiger charge is 2.36. The van der Waals surface area contributed by atoms with Crippen molar-refractivity contribution in [3.05, 3.63) is 0 Å². The maximum atomic E-state index is 12.1. The molecule has 0 spiro atoms. The predicted octanol–water partition coefficient (Wildman–Crippen LogP) is 0.886. The summed E-state index contributed by atoms with van der Waals surface area (Å²) >= 11 is 0. The van der Waals surface area contributed by atoms with Crippen molar-refractivity contribution in [2.45, 2.75) is 45.6 Å². The number of nitrogens with zero attached hydrogens (tertiary/aromatic N) is 1. The molecule has 1 saturated heterocycles. The number of rotatable bonds is 6. The minimum atomic E-state index is -0.539. The standard InChI is InChI=1S/C16H27N3O4/c1-16(2,3)23-15(22)18-7-6-17-14(21)12-8-13(20)19(10-12)9-11-4-5-11/h11-12H,4-10H2,1-3H3,(H,17,21)(H,18,22). The summed E-state index contributed by atoms with van der Waals surface area (Å²) in [5.41, 5.74) is -0.539. The van der Waals surface area contributed by atoms with E-state index in [1.54, 1.807) is 25.7 Å². The highest BCUT2D eigenvalue weighted by Crippen LogP contribution is 2.31. The van der Waals surface area contributed by atoms with Crippen LogP contribution in [0.3, 0.4) is 0 Å². The lowest BCUT2D eigenvalue weighted by molar-refractivity contribution is -0.129. The van der Waals surface area contributed by atoms with Crippen molar-refractivity contribution < 1.29 is 19.1 Å². The van der Waals surface area contributed by atoms with Crippen LogP contribution in [-0.4, -0.2) is 54.6 Å². The molecule has 1 atom stereocenters. The second kappa shape index (κ2) is 7.19. The van der Waals surface area contributed by atoms with Crippen molar-refractivity contribution >= 4 is 17.9 Å². The molecule has 130 valence electrons. The van der Waals surface area contributed by atoms with Gasteiger partial charge in [0.25, 0.3) is 0 Å². The van der Waals surface area contributed by atoms with Crippen molar-refractivity contribution in [3.8, 4) is 0 Å². The van der Waals surface area contributed by atoms with Gasteiger partial charge in [-0.2, -0.15) is 0 Å². The van der Waals surface area contributed by atoms with Gasteiger partial charge in [0.05, 0.1) is 5.92 Å². The molecule has 7 nitrogen and oxygen atoms in total. The smallest absolute Gasteiger partial charge is 0.407 e. The number of ether oxygens (including phenoxy) is 1. The summed E-state index contributed by atoms with van der Waals surface area (Å²) in [5, 5.41) is 5.35. The zero-order valence-corrected chi connectivity index (χ0v) is 14.2. The molecule has 0 radical (unpaired) electrons. The molecule has 7 heteroatoms. The number of carbonyl (C=O) groups is 3. The van der Waals surface area contributed by atoms with Crippen LogP contribution >= 0.6 is 0 Å². The largest absolute Gasteiger partial charge is 0.444 e. The van der Waals surface area contributed by atoms with E-state index in [-0.39, 0.29) is 24.2 Å². The van der Waals surface area contributed by atoms with Gasteiger partial charge < -0.3 is 20.3 Å². The Morgan fingerprint density at radius 2 is 1.87 bits per heavy atom. The number of hydrogen-bond donors (Lipinski definition) is 2. The molecule has 0 bridgehead atoms. The Morgan fingerprint density at radius 1 is 1.22 bits per heavy atom. The second-order valence-corrected chi connectivity index (χ2v) is 7.36. The predicted molar refractivity (Wildman–Crippen MR) is 84.7 cm³/mol. The summed E-state index contributed by atoms with van der Waals surface area (Å²) in [6.07, 6.45) is 2.17. The fourth-order valence-electron chi connectivity index (χ4n) is 2.55. The third-order valence-corrected chi connectivity index (χ3v) is 3.85. The van der Waals surface area contributed by atoms with Gasteiger partial charge in [-0.15, -0.1) is 0 Å². The normalized spacial score (nSPS) is 21.3. The van der Waals surface area contributed by atoms with Crippen LogP contribution in [0, 0.1) is 11.8 Å². The topological polar surface area (TPSA) is 87.7 Å². The van der Waals surface area contributed by atoms with Crippen LogP contribution in [0.2, 0.25) is 0 Å². The average Bonchev–Trinajstić information content (AvgIpc) is 3.16. The molecule has 0 aromatic heterocycles. The van der Waals surface area contributed by atoms with Crippen LogP contribution in [0.5, 0.6) is 0 Å². The first-order valence-electron chi connectivity index (χ1n) is 8.27. The molecular formula is C16H27N3O4. The summed E-state index contributed by atoms with van der Waals surface area (Å²) in [5.74, 6) is 0.313. The number of hydrogen-bond acceptors (Lipinski definition) is 4. The maximum Gasteiger partial charge on any atom is 0.407 e. The number of carbonyl (C=O) groups excluding carboxylic acids is 3. The van der Waals surface area contributed by atoms with Gasteiger partial charge in [0, 0.05) is 32.6 Å². The van der Waals surface area contributed by atoms with Crippen LogP contribution in [-0.2, 0) is 14.3 Å². The molecule has 0 aromatic rings. The Bertz CT molecular complexity index is 468. The average molecular weight is 325 g/mol. The first-order valence-corrected chi connectivity index (χ1v) is 8.27. The van der Waals surface area contributed by atoms with Crippen molar-refractivity contribution in [1.82, 2.24) is 15.5 Å². The highest BCUT2D eigenvalue weighted by atomic mass is 16.6. The van der Waals surface area contributed by atoms with Crippen LogP contribution < -0.4 is 10.6 Å². The second-order valence-electron chi connectivity index (χ2n) is 7.36. The van der Waals surface area contributed by atoms with E-state index >= 15 is 0 Å². The van der Waals surface area contributed by atoms with Gasteiger partial charge in [-0.3, -0.25) is 9.59 Å². The van der Waals surface area contributed by atoms with Gasteiger partial charge in [0.2, 0.25) is 11.8 Å². The summed E-state index contributed by atoms with van der Waals surface area (Å²) in [6.45, 7) is 7.30. The zero-order chi connectivity index (χ0) is 17.0. The van der Waals surface area contributed by atoms with E-state index in [4.69, 9.17) is 4.74 Å². The molecule has 1 aliphatic heterocycles. The van der Waals surface area contributed by atoms with Gasteiger partial charge in [-0.25, -0.2) is 4.79 Å². The lowest BCUT2D eigenvalue weighted by Crippen LogP contribution is -2.40. The Kier molecular flexibility index (Phi) is 5.49. The SMILES string of the molecule is CC(C)(C)OC(=O)NCCNC(=O)C1CC(=O)N(CC2CC2)C1. The Morgan fingerprint density at radius 3 is 2.48 bits per heavy atom. The fraction of sp³-hybridized carbons (Fsp3) is 0.812. The molecule has 1 unspecified atom stereocenters. The third kappa shape index (κ3) is 6.08. The fourth-order valence-corrected chi connectivity index (χ4v) is 2.55. The van der Waals surface area contributed by atoms with Crippen LogP contribution in [0.1, 0.15) is 40.0 Å². The molecule has 2 rings (SSSR count). The Hall–Kier alpha value is -1.79. The maximum absolute atomic E-state index is 12.1. The summed E-state index contributed by atoms with van der Waals surface area (Å²) in [6, 6.07) is 0. The molecule has 1 saturated carbocycles. The van der Waals surface area contributed by atoms with Gasteiger partial charge in [-0.05, 0) is 39.5 Å². The summed E-state index contributed by atoms with van der Waals surface area (Å²) < 4.78 is 5.10. The molecular weight excluding hydrogens is 298 g/mol. The van der Waals surface area contributed by atoms with E-state index in [9.17, 15) is 14.4 Å². The van der Waals surface area contributed by atoms with E-state index in [2.05, 4.69) is 10.6 Å². The summed E-state index contributed by atoms with van der Waals surface area (Å²) in [7, 11) is 0. The molecule has 2 aliphatic rings. The first kappa shape index (κ1) is 17.6. The Balaban J connectivity index is 1.61. The number of likely N-dealkylation sites (tertiary alicyclic amines) is 1. The lowest BCUT2D eigenvalue weighted by atomic mass is 10.1. The monoisotopic (exact) mass is 325 g/mol. The van der Waals surface area contributed by atoms with E-state index in [0.717, 1.165) is 6.54 Å². The third-order valence-electron chi connectivity index (χ3n) is 3.85.